The Morgan fingerprint density at radius 1 is 1.23 bits per heavy atom. The van der Waals surface area contributed by atoms with Gasteiger partial charge in [-0.25, -0.2) is 19.3 Å². The van der Waals surface area contributed by atoms with Crippen molar-refractivity contribution < 1.29 is 23.8 Å². The minimum absolute atomic E-state index is 0.0614. The largest absolute Gasteiger partial charge is 0.396 e. The number of rotatable bonds is 8. The van der Waals surface area contributed by atoms with Gasteiger partial charge in [-0.2, -0.15) is 0 Å². The molecule has 0 atom stereocenters. The van der Waals surface area contributed by atoms with E-state index in [2.05, 4.69) is 20.3 Å². The number of amides is 1. The van der Waals surface area contributed by atoms with E-state index < -0.39 is 11.7 Å². The molecule has 3 aromatic rings. The molecule has 0 aliphatic carbocycles. The summed E-state index contributed by atoms with van der Waals surface area (Å²) >= 11 is 0. The second kappa shape index (κ2) is 10.5. The highest BCUT2D eigenvalue weighted by Crippen LogP contribution is 2.36. The van der Waals surface area contributed by atoms with Crippen LogP contribution in [-0.2, 0) is 14.3 Å². The van der Waals surface area contributed by atoms with Crippen LogP contribution in [0.15, 0.2) is 36.5 Å². The molecule has 1 amide bonds. The zero-order valence-corrected chi connectivity index (χ0v) is 19.9. The topological polar surface area (TPSA) is 125 Å². The maximum Gasteiger partial charge on any atom is 0.232 e. The monoisotopic (exact) mass is 484 g/mol. The third-order valence-electron chi connectivity index (χ3n) is 5.62. The third-order valence-corrected chi connectivity index (χ3v) is 5.62. The van der Waals surface area contributed by atoms with Crippen LogP contribution in [0.2, 0.25) is 0 Å². The van der Waals surface area contributed by atoms with Crippen molar-refractivity contribution in [1.82, 2.24) is 24.8 Å². The van der Waals surface area contributed by atoms with Crippen molar-refractivity contribution in [3.63, 3.8) is 0 Å². The number of carbonyl (C=O) groups is 1. The number of hydrogen-bond donors (Lipinski definition) is 3. The van der Waals surface area contributed by atoms with Crippen molar-refractivity contribution in [2.45, 2.75) is 19.6 Å². The van der Waals surface area contributed by atoms with E-state index in [-0.39, 0.29) is 31.5 Å². The number of aliphatic hydroxyl groups excluding tert-OH is 1. The van der Waals surface area contributed by atoms with Crippen molar-refractivity contribution in [3.8, 4) is 22.6 Å². The lowest BCUT2D eigenvalue weighted by Gasteiger charge is -2.36. The number of H-pyrrole nitrogens is 1. The van der Waals surface area contributed by atoms with Crippen LogP contribution >= 0.6 is 0 Å². The van der Waals surface area contributed by atoms with E-state index in [4.69, 9.17) is 19.6 Å². The highest BCUT2D eigenvalue weighted by Gasteiger charge is 2.41. The first kappa shape index (κ1) is 24.7. The summed E-state index contributed by atoms with van der Waals surface area (Å²) in [5.74, 6) is 0.380. The van der Waals surface area contributed by atoms with Gasteiger partial charge >= 0.3 is 0 Å². The second-order valence-corrected chi connectivity index (χ2v) is 8.84. The molecule has 3 heterocycles. The molecule has 186 valence electrons. The van der Waals surface area contributed by atoms with Crippen LogP contribution in [0.4, 0.5) is 10.3 Å². The predicted molar refractivity (Wildman–Crippen MR) is 127 cm³/mol. The SMILES string of the molecule is CN(C)C(=O)C1(C)COC(c2nc(-c3ccc(F)cc3)c(-c3ccnc(NCCCO)n3)[nH]2)OC1. The normalized spacial score (nSPS) is 20.0. The zero-order chi connectivity index (χ0) is 25.0. The Labute approximate surface area is 202 Å². The minimum atomic E-state index is -0.810. The van der Waals surface area contributed by atoms with Crippen molar-refractivity contribution in [2.24, 2.45) is 5.41 Å². The Morgan fingerprint density at radius 2 is 1.94 bits per heavy atom. The number of nitrogens with one attached hydrogen (secondary N) is 2. The van der Waals surface area contributed by atoms with Crippen molar-refractivity contribution in [1.29, 1.82) is 0 Å². The molecular weight excluding hydrogens is 455 g/mol. The van der Waals surface area contributed by atoms with Crippen LogP contribution in [0.5, 0.6) is 0 Å². The van der Waals surface area contributed by atoms with Gasteiger partial charge in [-0.15, -0.1) is 0 Å². The fraction of sp³-hybridized carbons (Fsp3) is 0.417. The summed E-state index contributed by atoms with van der Waals surface area (Å²) < 4.78 is 25.4. The lowest BCUT2D eigenvalue weighted by Crippen LogP contribution is -2.48. The van der Waals surface area contributed by atoms with Crippen LogP contribution < -0.4 is 5.32 Å². The van der Waals surface area contributed by atoms with E-state index in [9.17, 15) is 9.18 Å². The van der Waals surface area contributed by atoms with E-state index in [0.29, 0.717) is 47.4 Å². The molecule has 0 radical (unpaired) electrons. The van der Waals surface area contributed by atoms with Gasteiger partial charge in [0.25, 0.3) is 0 Å². The maximum absolute atomic E-state index is 13.6. The van der Waals surface area contributed by atoms with Gasteiger partial charge in [0.2, 0.25) is 18.1 Å². The lowest BCUT2D eigenvalue weighted by atomic mass is 9.90. The van der Waals surface area contributed by atoms with Crippen LogP contribution in [0.25, 0.3) is 22.6 Å². The van der Waals surface area contributed by atoms with Gasteiger partial charge in [-0.1, -0.05) is 0 Å². The standard InChI is InChI=1S/C24H29FN6O4/c1-24(22(33)31(2)3)13-34-21(35-14-24)20-29-18(15-5-7-16(25)8-6-15)19(30-20)17-9-11-27-23(28-17)26-10-4-12-32/h5-9,11,21,32H,4,10,12-14H2,1-3H3,(H,29,30)(H,26,27,28). The molecule has 1 aromatic carbocycles. The summed E-state index contributed by atoms with van der Waals surface area (Å²) in [7, 11) is 3.39. The number of hydrogen-bond acceptors (Lipinski definition) is 8. The number of benzene rings is 1. The first-order valence-corrected chi connectivity index (χ1v) is 11.3. The number of nitrogens with zero attached hydrogens (tertiary/aromatic N) is 4. The summed E-state index contributed by atoms with van der Waals surface area (Å²) in [4.78, 5) is 30.8. The van der Waals surface area contributed by atoms with E-state index in [1.165, 1.54) is 17.0 Å². The Bertz CT molecular complexity index is 1160. The van der Waals surface area contributed by atoms with E-state index in [1.54, 1.807) is 45.4 Å². The van der Waals surface area contributed by atoms with Gasteiger partial charge in [-0.3, -0.25) is 4.79 Å². The summed E-state index contributed by atoms with van der Waals surface area (Å²) in [5, 5.41) is 12.1. The second-order valence-electron chi connectivity index (χ2n) is 8.84. The molecule has 35 heavy (non-hydrogen) atoms. The molecule has 1 saturated heterocycles. The first-order valence-electron chi connectivity index (χ1n) is 11.3. The summed E-state index contributed by atoms with van der Waals surface area (Å²) in [5.41, 5.74) is 1.58. The predicted octanol–water partition coefficient (Wildman–Crippen LogP) is 2.61. The van der Waals surface area contributed by atoms with Crippen LogP contribution in [0.3, 0.4) is 0 Å². The summed E-state index contributed by atoms with van der Waals surface area (Å²) in [6, 6.07) is 7.73. The summed E-state index contributed by atoms with van der Waals surface area (Å²) in [6.07, 6.45) is 1.37. The highest BCUT2D eigenvalue weighted by atomic mass is 19.1. The lowest BCUT2D eigenvalue weighted by molar-refractivity contribution is -0.233. The molecule has 2 aromatic heterocycles. The first-order chi connectivity index (χ1) is 16.8. The minimum Gasteiger partial charge on any atom is -0.396 e. The number of aromatic amines is 1. The van der Waals surface area contributed by atoms with Crippen molar-refractivity contribution in [3.05, 3.63) is 48.2 Å². The Hall–Kier alpha value is -3.41. The Kier molecular flexibility index (Phi) is 7.39. The van der Waals surface area contributed by atoms with Crippen molar-refractivity contribution >= 4 is 11.9 Å². The highest BCUT2D eigenvalue weighted by molar-refractivity contribution is 5.82. The number of ether oxygens (including phenoxy) is 2. The molecular formula is C24H29FN6O4. The average Bonchev–Trinajstić information content (AvgIpc) is 3.30. The van der Waals surface area contributed by atoms with Gasteiger partial charge in [0.1, 0.15) is 5.82 Å². The third kappa shape index (κ3) is 5.47. The molecule has 0 saturated carbocycles. The molecule has 0 bridgehead atoms. The van der Waals surface area contributed by atoms with Gasteiger partial charge in [0.15, 0.2) is 5.82 Å². The van der Waals surface area contributed by atoms with Crippen molar-refractivity contribution in [2.75, 3.05) is 45.8 Å². The molecule has 4 rings (SSSR count). The Balaban J connectivity index is 1.65. The van der Waals surface area contributed by atoms with Gasteiger partial charge in [0.05, 0.1) is 35.7 Å². The van der Waals surface area contributed by atoms with E-state index >= 15 is 0 Å². The zero-order valence-electron chi connectivity index (χ0n) is 19.9. The molecule has 0 spiro atoms. The van der Waals surface area contributed by atoms with Gasteiger partial charge in [0, 0.05) is 39.0 Å². The Morgan fingerprint density at radius 3 is 2.60 bits per heavy atom. The molecule has 11 heteroatoms. The number of anilines is 1. The molecule has 1 aliphatic rings. The quantitative estimate of drug-likeness (QED) is 0.417. The number of aromatic nitrogens is 4. The van der Waals surface area contributed by atoms with Gasteiger partial charge < -0.3 is 29.8 Å². The number of carbonyl (C=O) groups excluding carboxylic acids is 1. The fourth-order valence-corrected chi connectivity index (χ4v) is 3.80. The molecule has 1 fully saturated rings. The number of aliphatic hydroxyl groups is 1. The average molecular weight is 485 g/mol. The smallest absolute Gasteiger partial charge is 0.232 e. The number of halogens is 1. The molecule has 0 unspecified atom stereocenters. The maximum atomic E-state index is 13.6. The molecule has 10 nitrogen and oxygen atoms in total. The number of imidazole rings is 1. The van der Waals surface area contributed by atoms with Crippen LogP contribution in [-0.4, -0.2) is 76.3 Å². The summed E-state index contributed by atoms with van der Waals surface area (Å²) in [6.45, 7) is 2.72. The van der Waals surface area contributed by atoms with E-state index in [0.717, 1.165) is 0 Å². The van der Waals surface area contributed by atoms with Crippen LogP contribution in [0.1, 0.15) is 25.5 Å². The molecule has 1 aliphatic heterocycles. The fourth-order valence-electron chi connectivity index (χ4n) is 3.80. The molecule has 3 N–H and O–H groups in total. The van der Waals surface area contributed by atoms with Crippen LogP contribution in [0, 0.1) is 11.2 Å². The van der Waals surface area contributed by atoms with Gasteiger partial charge in [-0.05, 0) is 43.7 Å². The van der Waals surface area contributed by atoms with E-state index in [1.807, 2.05) is 0 Å².